The molecule has 9 nitrogen and oxygen atoms in total. The van der Waals surface area contributed by atoms with E-state index in [2.05, 4.69) is 25.8 Å². The van der Waals surface area contributed by atoms with E-state index < -0.39 is 5.54 Å². The highest BCUT2D eigenvalue weighted by Crippen LogP contribution is 2.36. The second-order valence-electron chi connectivity index (χ2n) is 6.64. The average Bonchev–Trinajstić information content (AvgIpc) is 2.71. The number of hydrogen-bond donors (Lipinski definition) is 4. The van der Waals surface area contributed by atoms with Crippen LogP contribution in [0.5, 0.6) is 0 Å². The van der Waals surface area contributed by atoms with Gasteiger partial charge in [0, 0.05) is 32.4 Å². The predicted molar refractivity (Wildman–Crippen MR) is 103 cm³/mol. The molecule has 1 saturated heterocycles. The Morgan fingerprint density at radius 2 is 1.82 bits per heavy atom. The van der Waals surface area contributed by atoms with Crippen LogP contribution in [0.25, 0.3) is 0 Å². The molecule has 0 radical (unpaired) electrons. The van der Waals surface area contributed by atoms with Crippen LogP contribution in [-0.2, 0) is 10.3 Å². The number of nitrogens with one attached hydrogen (secondary N) is 2. The maximum Gasteiger partial charge on any atom is 0.223 e. The number of carbonyl (C=O) groups excluding carboxylic acids is 1. The number of hydrazone groups is 1. The quantitative estimate of drug-likeness (QED) is 0.262. The lowest BCUT2D eigenvalue weighted by atomic mass is 9.81. The van der Waals surface area contributed by atoms with Crippen LogP contribution in [0.1, 0.15) is 30.9 Å². The first kappa shape index (κ1) is 19.5. The van der Waals surface area contributed by atoms with E-state index in [9.17, 15) is 9.18 Å². The molecule has 10 heteroatoms. The number of benzene rings is 1. The number of carbonyl (C=O) groups is 1. The van der Waals surface area contributed by atoms with E-state index in [4.69, 9.17) is 11.7 Å². The predicted octanol–water partition coefficient (Wildman–Crippen LogP) is 0.649. The number of rotatable bonds is 4. The van der Waals surface area contributed by atoms with Gasteiger partial charge in [0.05, 0.1) is 11.1 Å². The Labute approximate surface area is 162 Å². The summed E-state index contributed by atoms with van der Waals surface area (Å²) in [6.07, 6.45) is 4.38. The number of likely N-dealkylation sites (tertiary alicyclic amines) is 1. The topological polar surface area (TPSA) is 135 Å². The summed E-state index contributed by atoms with van der Waals surface area (Å²) in [5, 5.41) is 6.91. The number of nitrogens with zero attached hydrogens (tertiary/aromatic N) is 4. The lowest BCUT2D eigenvalue weighted by Crippen LogP contribution is -2.48. The molecule has 6 N–H and O–H groups in total. The molecule has 0 bridgehead atoms. The number of nitrogens with two attached hydrogens (primary N) is 2. The molecular weight excluding hydrogens is 363 g/mol. The molecule has 28 heavy (non-hydrogen) atoms. The van der Waals surface area contributed by atoms with Crippen molar-refractivity contribution in [1.82, 2.24) is 20.3 Å². The summed E-state index contributed by atoms with van der Waals surface area (Å²) in [7, 11) is 0. The minimum atomic E-state index is -0.516. The lowest BCUT2D eigenvalue weighted by Gasteiger charge is -2.42. The first-order chi connectivity index (χ1) is 13.5. The van der Waals surface area contributed by atoms with Gasteiger partial charge in [-0.1, -0.05) is 12.1 Å². The summed E-state index contributed by atoms with van der Waals surface area (Å²) >= 11 is 0. The molecule has 0 unspecified atom stereocenters. The highest BCUT2D eigenvalue weighted by molar-refractivity contribution is 5.97. The fraction of sp³-hybridized carbons (Fsp3) is 0.333. The summed E-state index contributed by atoms with van der Waals surface area (Å²) in [5.74, 6) is 11.0. The normalized spacial score (nSPS) is 16.5. The Morgan fingerprint density at radius 1 is 1.21 bits per heavy atom. The Kier molecular flexibility index (Phi) is 5.69. The number of anilines is 1. The largest absolute Gasteiger partial charge is 0.345 e. The van der Waals surface area contributed by atoms with Gasteiger partial charge in [-0.15, -0.1) is 0 Å². The maximum absolute atomic E-state index is 13.4. The van der Waals surface area contributed by atoms with Crippen molar-refractivity contribution < 1.29 is 9.18 Å². The van der Waals surface area contributed by atoms with Crippen molar-refractivity contribution in [3.05, 3.63) is 53.6 Å². The van der Waals surface area contributed by atoms with Crippen molar-refractivity contribution in [2.24, 2.45) is 16.8 Å². The minimum Gasteiger partial charge on any atom is -0.345 e. The van der Waals surface area contributed by atoms with E-state index in [1.165, 1.54) is 12.1 Å². The van der Waals surface area contributed by atoms with Gasteiger partial charge in [-0.3, -0.25) is 4.79 Å². The fourth-order valence-electron chi connectivity index (χ4n) is 3.38. The van der Waals surface area contributed by atoms with Gasteiger partial charge in [-0.05, 0) is 30.5 Å². The molecule has 1 aromatic carbocycles. The van der Waals surface area contributed by atoms with Gasteiger partial charge >= 0.3 is 0 Å². The Hall–Kier alpha value is -3.27. The van der Waals surface area contributed by atoms with Crippen LogP contribution in [0.3, 0.4) is 0 Å². The molecule has 1 aliphatic heterocycles. The van der Waals surface area contributed by atoms with Gasteiger partial charge < -0.3 is 21.5 Å². The number of halogens is 1. The van der Waals surface area contributed by atoms with Crippen molar-refractivity contribution in [2.75, 3.05) is 18.4 Å². The highest BCUT2D eigenvalue weighted by Gasteiger charge is 2.37. The van der Waals surface area contributed by atoms with Crippen LogP contribution in [0, 0.1) is 5.82 Å². The van der Waals surface area contributed by atoms with Crippen LogP contribution in [0.2, 0.25) is 0 Å². The monoisotopic (exact) mass is 386 g/mol. The number of aromatic nitrogens is 2. The number of hydrogen-bond acceptors (Lipinski definition) is 7. The maximum atomic E-state index is 13.4. The van der Waals surface area contributed by atoms with Gasteiger partial charge in [-0.25, -0.2) is 20.2 Å². The van der Waals surface area contributed by atoms with Crippen LogP contribution in [-0.4, -0.2) is 39.7 Å². The van der Waals surface area contributed by atoms with E-state index in [-0.39, 0.29) is 17.6 Å². The molecule has 3 rings (SSSR count). The molecule has 1 aromatic heterocycles. The highest BCUT2D eigenvalue weighted by atomic mass is 19.1. The Bertz CT molecular complexity index is 845. The van der Waals surface area contributed by atoms with Crippen LogP contribution >= 0.6 is 0 Å². The summed E-state index contributed by atoms with van der Waals surface area (Å²) in [6.45, 7) is 2.72. The molecule has 0 aliphatic carbocycles. The molecule has 0 saturated carbocycles. The van der Waals surface area contributed by atoms with E-state index >= 15 is 0 Å². The molecule has 1 amide bonds. The second-order valence-corrected chi connectivity index (χ2v) is 6.64. The molecule has 2 heterocycles. The first-order valence-electron chi connectivity index (χ1n) is 8.84. The third kappa shape index (κ3) is 4.01. The smallest absolute Gasteiger partial charge is 0.223 e. The van der Waals surface area contributed by atoms with Crippen LogP contribution < -0.4 is 22.4 Å². The third-order valence-corrected chi connectivity index (χ3v) is 5.00. The molecule has 1 fully saturated rings. The van der Waals surface area contributed by atoms with Crippen molar-refractivity contribution in [3.63, 3.8) is 0 Å². The molecule has 0 atom stereocenters. The molecule has 0 spiro atoms. The molecule has 148 valence electrons. The molecule has 1 aliphatic rings. The van der Waals surface area contributed by atoms with Crippen molar-refractivity contribution in [3.8, 4) is 0 Å². The lowest BCUT2D eigenvalue weighted by molar-refractivity contribution is -0.130. The van der Waals surface area contributed by atoms with Gasteiger partial charge in [0.1, 0.15) is 5.82 Å². The van der Waals surface area contributed by atoms with E-state index in [0.717, 1.165) is 5.56 Å². The summed E-state index contributed by atoms with van der Waals surface area (Å²) in [4.78, 5) is 22.1. The number of amides is 1. The molecule has 2 aromatic rings. The van der Waals surface area contributed by atoms with Crippen molar-refractivity contribution >= 4 is 17.7 Å². The van der Waals surface area contributed by atoms with Crippen LogP contribution in [0.4, 0.5) is 10.3 Å². The average molecular weight is 386 g/mol. The van der Waals surface area contributed by atoms with Gasteiger partial charge in [-0.2, -0.15) is 5.10 Å². The Balaban J connectivity index is 1.88. The summed E-state index contributed by atoms with van der Waals surface area (Å²) in [6, 6.07) is 6.35. The zero-order chi connectivity index (χ0) is 20.1. The van der Waals surface area contributed by atoms with E-state index in [0.29, 0.717) is 37.4 Å². The van der Waals surface area contributed by atoms with E-state index in [1.807, 2.05) is 0 Å². The summed E-state index contributed by atoms with van der Waals surface area (Å²) < 4.78 is 13.4. The molecular formula is C18H23FN8O. The number of piperidine rings is 1. The third-order valence-electron chi connectivity index (χ3n) is 5.00. The first-order valence-corrected chi connectivity index (χ1v) is 8.84. The number of hydrazine groups is 1. The SMILES string of the molecule is CC(=O)N1CCC(Nc2ncc(/C(=N/N)NN)cn2)(c2ccc(F)cc2)CC1. The van der Waals surface area contributed by atoms with Crippen LogP contribution in [0.15, 0.2) is 41.8 Å². The number of amidine groups is 1. The second kappa shape index (κ2) is 8.17. The zero-order valence-corrected chi connectivity index (χ0v) is 15.5. The fourth-order valence-corrected chi connectivity index (χ4v) is 3.38. The standard InChI is InChI=1S/C18H23FN8O/c1-12(28)27-8-6-18(7-9-27,14-2-4-15(19)5-3-14)24-17-22-10-13(11-23-17)16(25-20)26-21/h2-5,10-11H,6-9,20-21H2,1H3,(H,25,26)(H,22,23,24). The van der Waals surface area contributed by atoms with Crippen molar-refractivity contribution in [1.29, 1.82) is 0 Å². The van der Waals surface area contributed by atoms with E-state index in [1.54, 1.807) is 36.4 Å². The zero-order valence-electron chi connectivity index (χ0n) is 15.5. The van der Waals surface area contributed by atoms with Gasteiger partial charge in [0.25, 0.3) is 0 Å². The van der Waals surface area contributed by atoms with Gasteiger partial charge in [0.2, 0.25) is 11.9 Å². The van der Waals surface area contributed by atoms with Crippen molar-refractivity contribution in [2.45, 2.75) is 25.3 Å². The van der Waals surface area contributed by atoms with Gasteiger partial charge in [0.15, 0.2) is 5.84 Å². The Morgan fingerprint density at radius 3 is 2.32 bits per heavy atom. The minimum absolute atomic E-state index is 0.0381. The summed E-state index contributed by atoms with van der Waals surface area (Å²) in [5.41, 5.74) is 3.31.